The largest absolute Gasteiger partial charge is 0.520 e. The number of nitrogens with two attached hydrogens (primary N) is 1. The van der Waals surface area contributed by atoms with Gasteiger partial charge in [0.1, 0.15) is 12.5 Å². The Balaban J connectivity index is -0.000000946. The molecule has 203 valence electrons. The molecule has 0 aliphatic heterocycles. The average molecular weight is 723 g/mol. The van der Waals surface area contributed by atoms with Gasteiger partial charge in [0.15, 0.2) is 0 Å². The fourth-order valence-electron chi connectivity index (χ4n) is 3.25. The van der Waals surface area contributed by atoms with Crippen LogP contribution in [0.4, 0.5) is 8.78 Å². The standard InChI is InChI=1S/C20H28F2NO2.C3H8N.C2H6.CH2O.Es/c1-16-6-7-17(2)19(14-16)25-13-5-3-4-12-23(15-24)18-8-10-20(21,22)11-9-18;1-2-3-4;2*1-2;/h6-7,14,18H,3-5,8-13H2,1-2H3;1-4H2;1-2H3;1H2;/q2*-1;;;. The summed E-state index contributed by atoms with van der Waals surface area (Å²) < 4.78 is 32.2. The van der Waals surface area contributed by atoms with Gasteiger partial charge in [-0.15, -0.1) is 0 Å². The number of hydrogen-bond donors (Lipinski definition) is 1. The first-order valence-corrected chi connectivity index (χ1v) is 11.8. The Kier molecular flexibility index (Phi) is 22.8. The van der Waals surface area contributed by atoms with Crippen LogP contribution >= 0.6 is 0 Å². The summed E-state index contributed by atoms with van der Waals surface area (Å²) in [4.78, 5) is 20.7. The van der Waals surface area contributed by atoms with Crippen molar-refractivity contribution in [1.82, 2.24) is 4.90 Å². The summed E-state index contributed by atoms with van der Waals surface area (Å²) in [6, 6.07) is 6.07. The third kappa shape index (κ3) is 15.7. The van der Waals surface area contributed by atoms with Crippen LogP contribution in [0.1, 0.15) is 76.3 Å². The third-order valence-corrected chi connectivity index (χ3v) is 5.09. The smallest absolute Gasteiger partial charge is 0.248 e. The van der Waals surface area contributed by atoms with Gasteiger partial charge in [-0.05, 0) is 76.2 Å². The zero-order valence-corrected chi connectivity index (χ0v) is 23.8. The van der Waals surface area contributed by atoms with Gasteiger partial charge >= 0.3 is 0 Å². The van der Waals surface area contributed by atoms with E-state index in [0.717, 1.165) is 37.0 Å². The Bertz CT molecular complexity index is 610. The molecule has 8 heteroatoms. The molecule has 1 aliphatic rings. The molecule has 0 aromatic heterocycles. The predicted octanol–water partition coefficient (Wildman–Crippen LogP) is 5.81. The topological polar surface area (TPSA) is 72.6 Å². The van der Waals surface area contributed by atoms with Gasteiger partial charge in [0, 0.05) is 18.9 Å². The third-order valence-electron chi connectivity index (χ3n) is 5.09. The van der Waals surface area contributed by atoms with Gasteiger partial charge in [-0.1, -0.05) is 26.0 Å². The second-order valence-corrected chi connectivity index (χ2v) is 7.69. The minimum absolute atomic E-state index is 0. The van der Waals surface area contributed by atoms with Crippen molar-refractivity contribution < 1.29 is 23.1 Å². The van der Waals surface area contributed by atoms with E-state index in [9.17, 15) is 13.6 Å². The number of nitrogens with zero attached hydrogens (tertiary/aromatic N) is 1. The van der Waals surface area contributed by atoms with Gasteiger partial charge in [-0.3, -0.25) is 0 Å². The summed E-state index contributed by atoms with van der Waals surface area (Å²) in [6.45, 7) is 15.5. The molecule has 0 spiro atoms. The van der Waals surface area contributed by atoms with Crippen LogP contribution in [0.25, 0.3) is 0 Å². The first-order valence-electron chi connectivity index (χ1n) is 11.8. The molecule has 0 unspecified atom stereocenters. The summed E-state index contributed by atoms with van der Waals surface area (Å²) >= 11 is 0. The minimum atomic E-state index is -2.56. The van der Waals surface area contributed by atoms with Crippen LogP contribution in [-0.2, 0) is 9.59 Å². The van der Waals surface area contributed by atoms with Crippen LogP contribution in [0.5, 0.6) is 5.75 Å². The number of rotatable bonds is 10. The number of aryl methyl sites for hydroxylation is 2. The number of unbranched alkanes of at least 4 members (excludes halogenated alkanes) is 2. The maximum Gasteiger partial charge on any atom is 0.248 e. The molecular weight excluding hydrogens is 678 g/mol. The van der Waals surface area contributed by atoms with E-state index in [0.29, 0.717) is 32.5 Å². The summed E-state index contributed by atoms with van der Waals surface area (Å²) in [5, 5.41) is 0. The van der Waals surface area contributed by atoms with Crippen molar-refractivity contribution in [3.8, 4) is 5.75 Å². The second-order valence-electron chi connectivity index (χ2n) is 7.69. The van der Waals surface area contributed by atoms with Gasteiger partial charge in [0.25, 0.3) is 0 Å². The van der Waals surface area contributed by atoms with Crippen molar-refractivity contribution in [2.24, 2.45) is 5.73 Å². The van der Waals surface area contributed by atoms with Crippen molar-refractivity contribution >= 4 is 13.2 Å². The summed E-state index contributed by atoms with van der Waals surface area (Å²) in [5.41, 5.74) is 7.27. The number of alkyl halides is 2. The molecule has 0 bridgehead atoms. The summed E-state index contributed by atoms with van der Waals surface area (Å²) in [7, 11) is 0. The fourth-order valence-corrected chi connectivity index (χ4v) is 3.25. The number of benzene rings is 1. The van der Waals surface area contributed by atoms with E-state index in [1.807, 2.05) is 47.0 Å². The molecule has 1 saturated carbocycles. The monoisotopic (exact) mass is 722 g/mol. The fraction of sp³-hybridized carbons (Fsp3) is 0.654. The zero-order chi connectivity index (χ0) is 25.7. The first kappa shape index (κ1) is 35.6. The van der Waals surface area contributed by atoms with Crippen molar-refractivity contribution in [1.29, 1.82) is 0 Å². The Labute approximate surface area is 200 Å². The molecule has 1 aromatic carbocycles. The molecule has 1 amide bonds. The number of halogens is 2. The van der Waals surface area contributed by atoms with Crippen LogP contribution in [0.15, 0.2) is 18.2 Å². The number of carbonyl (C=O) groups excluding carboxylic acids is 2. The second kappa shape index (κ2) is 21.8. The van der Waals surface area contributed by atoms with Crippen molar-refractivity contribution in [2.45, 2.75) is 91.0 Å². The van der Waals surface area contributed by atoms with E-state index in [2.05, 4.69) is 19.1 Å². The molecule has 34 heavy (non-hydrogen) atoms. The molecular formula is C26H44EsF2N2O3-2. The van der Waals surface area contributed by atoms with Crippen molar-refractivity contribution in [3.63, 3.8) is 0 Å². The van der Waals surface area contributed by atoms with Crippen LogP contribution < -0.4 is 10.5 Å². The molecule has 5 nitrogen and oxygen atoms in total. The molecule has 2 N–H and O–H groups in total. The van der Waals surface area contributed by atoms with E-state index in [1.54, 1.807) is 4.90 Å². The van der Waals surface area contributed by atoms with Gasteiger partial charge < -0.3 is 31.9 Å². The van der Waals surface area contributed by atoms with E-state index >= 15 is 0 Å². The zero-order valence-electron chi connectivity index (χ0n) is 21.3. The SMILES string of the molecule is C=O.CC.Cc1ccc(C)c(OCCCCCN([C-]=O)C2CCC(F)(F)CC2)c1.[CH2-]CCN.[Es]. The molecule has 1 aromatic rings. The van der Waals surface area contributed by atoms with E-state index < -0.39 is 5.92 Å². The quantitative estimate of drug-likeness (QED) is 0.188. The maximum atomic E-state index is 13.2. The summed E-state index contributed by atoms with van der Waals surface area (Å²) in [6.07, 6.45) is 5.97. The molecule has 1 radical (unpaired) electrons. The Morgan fingerprint density at radius 1 is 1.18 bits per heavy atom. The van der Waals surface area contributed by atoms with Gasteiger partial charge in [0.05, 0.1) is 6.61 Å². The molecule has 1 aliphatic carbocycles. The molecule has 0 atom stereocenters. The Morgan fingerprint density at radius 3 is 2.24 bits per heavy atom. The molecule has 2 rings (SSSR count). The van der Waals surface area contributed by atoms with Crippen LogP contribution in [0, 0.1) is 20.8 Å². The predicted molar refractivity (Wildman–Crippen MR) is 132 cm³/mol. The number of amides is 1. The van der Waals surface area contributed by atoms with Crippen molar-refractivity contribution in [3.05, 3.63) is 36.2 Å². The minimum Gasteiger partial charge on any atom is -0.520 e. The van der Waals surface area contributed by atoms with Gasteiger partial charge in [-0.2, -0.15) is 12.8 Å². The van der Waals surface area contributed by atoms with Gasteiger partial charge in [0.2, 0.25) is 5.92 Å². The summed E-state index contributed by atoms with van der Waals surface area (Å²) in [5.74, 6) is -1.64. The van der Waals surface area contributed by atoms with E-state index in [-0.39, 0.29) is 18.9 Å². The van der Waals surface area contributed by atoms with Crippen LogP contribution in [-0.4, -0.2) is 49.8 Å². The Morgan fingerprint density at radius 2 is 1.74 bits per heavy atom. The molecule has 0 saturated heterocycles. The molecule has 1 fully saturated rings. The van der Waals surface area contributed by atoms with E-state index in [4.69, 9.17) is 15.3 Å². The Hall–Kier alpha value is -3.02. The first-order chi connectivity index (χ1) is 15.8. The van der Waals surface area contributed by atoms with Crippen molar-refractivity contribution in [2.75, 3.05) is 19.7 Å². The maximum absolute atomic E-state index is 13.2. The van der Waals surface area contributed by atoms with Gasteiger partial charge in [-0.25, -0.2) is 8.78 Å². The van der Waals surface area contributed by atoms with Crippen LogP contribution in [0.3, 0.4) is 0 Å². The normalized spacial score (nSPS) is 13.9. The average Bonchev–Trinajstić information content (AvgIpc) is 2.84. The number of carbonyl (C=O) groups is 1. The number of hydrogen-bond acceptors (Lipinski definition) is 4. The van der Waals surface area contributed by atoms with Crippen LogP contribution in [0.2, 0.25) is 0 Å². The number of ether oxygens (including phenoxy) is 1. The van der Waals surface area contributed by atoms with E-state index in [1.165, 1.54) is 5.56 Å². The molecule has 0 heterocycles.